The summed E-state index contributed by atoms with van der Waals surface area (Å²) in [4.78, 5) is 38.1. The number of benzene rings is 2. The van der Waals surface area contributed by atoms with Gasteiger partial charge in [-0.2, -0.15) is 0 Å². The summed E-state index contributed by atoms with van der Waals surface area (Å²) in [6.07, 6.45) is 1.57. The third-order valence-corrected chi connectivity index (χ3v) is 5.31. The molecule has 25 heavy (non-hydrogen) atoms. The first kappa shape index (κ1) is 17.9. The number of thioether (sulfide) groups is 1. The van der Waals surface area contributed by atoms with Crippen molar-refractivity contribution in [3.63, 3.8) is 0 Å². The third kappa shape index (κ3) is 4.03. The lowest BCUT2D eigenvalue weighted by Gasteiger charge is -2.11. The predicted octanol–water partition coefficient (Wildman–Crippen LogP) is 5.02. The van der Waals surface area contributed by atoms with Crippen LogP contribution in [-0.2, 0) is 4.79 Å². The SMILES string of the molecule is O=C(CN1C(=O)S/C(=C/c2ccccc2Cl)C1=O)c1ccc(Br)cc1. The van der Waals surface area contributed by atoms with Crippen LogP contribution in [0.2, 0.25) is 5.02 Å². The lowest BCUT2D eigenvalue weighted by molar-refractivity contribution is -0.122. The van der Waals surface area contributed by atoms with Crippen molar-refractivity contribution in [2.24, 2.45) is 0 Å². The molecule has 0 bridgehead atoms. The van der Waals surface area contributed by atoms with Crippen LogP contribution in [0.3, 0.4) is 0 Å². The molecule has 0 spiro atoms. The van der Waals surface area contributed by atoms with Crippen LogP contribution in [0.1, 0.15) is 15.9 Å². The molecule has 126 valence electrons. The lowest BCUT2D eigenvalue weighted by atomic mass is 10.1. The number of carbonyl (C=O) groups excluding carboxylic acids is 3. The lowest BCUT2D eigenvalue weighted by Crippen LogP contribution is -2.33. The number of rotatable bonds is 4. The van der Waals surface area contributed by atoms with E-state index in [1.165, 1.54) is 0 Å². The number of carbonyl (C=O) groups is 3. The van der Waals surface area contributed by atoms with E-state index in [-0.39, 0.29) is 17.2 Å². The molecule has 0 atom stereocenters. The number of halogens is 2. The van der Waals surface area contributed by atoms with Crippen molar-refractivity contribution < 1.29 is 14.4 Å². The van der Waals surface area contributed by atoms with Crippen molar-refractivity contribution in [1.29, 1.82) is 0 Å². The van der Waals surface area contributed by atoms with E-state index >= 15 is 0 Å². The molecule has 0 radical (unpaired) electrons. The monoisotopic (exact) mass is 435 g/mol. The van der Waals surface area contributed by atoms with Crippen LogP contribution in [0, 0.1) is 0 Å². The Morgan fingerprint density at radius 1 is 1.12 bits per heavy atom. The van der Waals surface area contributed by atoms with Crippen LogP contribution in [0.5, 0.6) is 0 Å². The van der Waals surface area contributed by atoms with Crippen LogP contribution in [0.25, 0.3) is 6.08 Å². The standard InChI is InChI=1S/C18H11BrClNO3S/c19-13-7-5-11(6-8-13)15(22)10-21-17(23)16(25-18(21)24)9-12-3-1-2-4-14(12)20/h1-9H,10H2/b16-9+. The van der Waals surface area contributed by atoms with Crippen LogP contribution in [-0.4, -0.2) is 28.4 Å². The Kier molecular flexibility index (Phi) is 5.42. The smallest absolute Gasteiger partial charge is 0.292 e. The Morgan fingerprint density at radius 3 is 2.48 bits per heavy atom. The van der Waals surface area contributed by atoms with Gasteiger partial charge in [0.15, 0.2) is 5.78 Å². The zero-order valence-corrected chi connectivity index (χ0v) is 15.9. The fourth-order valence-corrected chi connectivity index (χ4v) is 3.52. The molecular weight excluding hydrogens is 426 g/mol. The van der Waals surface area contributed by atoms with Gasteiger partial charge in [-0.1, -0.05) is 57.9 Å². The molecular formula is C18H11BrClNO3S. The first-order chi connectivity index (χ1) is 12.0. The van der Waals surface area contributed by atoms with Gasteiger partial charge in [-0.25, -0.2) is 0 Å². The summed E-state index contributed by atoms with van der Waals surface area (Å²) in [7, 11) is 0. The highest BCUT2D eigenvalue weighted by Crippen LogP contribution is 2.33. The average molecular weight is 437 g/mol. The van der Waals surface area contributed by atoms with E-state index in [1.54, 1.807) is 54.6 Å². The Morgan fingerprint density at radius 2 is 1.80 bits per heavy atom. The van der Waals surface area contributed by atoms with Crippen molar-refractivity contribution in [2.45, 2.75) is 0 Å². The summed E-state index contributed by atoms with van der Waals surface area (Å²) in [5.74, 6) is -0.783. The number of amides is 2. The molecule has 1 saturated heterocycles. The van der Waals surface area contributed by atoms with Gasteiger partial charge in [0, 0.05) is 15.1 Å². The van der Waals surface area contributed by atoms with Gasteiger partial charge in [-0.15, -0.1) is 0 Å². The molecule has 0 aromatic heterocycles. The first-order valence-corrected chi connectivity index (χ1v) is 9.23. The van der Waals surface area contributed by atoms with Gasteiger partial charge < -0.3 is 0 Å². The molecule has 0 unspecified atom stereocenters. The van der Waals surface area contributed by atoms with Crippen LogP contribution in [0.4, 0.5) is 4.79 Å². The molecule has 2 amide bonds. The summed E-state index contributed by atoms with van der Waals surface area (Å²) in [6, 6.07) is 13.8. The number of hydrogen-bond acceptors (Lipinski definition) is 4. The molecule has 1 heterocycles. The second kappa shape index (κ2) is 7.56. The van der Waals surface area contributed by atoms with Gasteiger partial charge in [0.2, 0.25) is 0 Å². The average Bonchev–Trinajstić information content (AvgIpc) is 2.85. The molecule has 7 heteroatoms. The zero-order valence-electron chi connectivity index (χ0n) is 12.7. The molecule has 2 aromatic rings. The Labute approximate surface area is 162 Å². The molecule has 0 N–H and O–H groups in total. The minimum atomic E-state index is -0.486. The maximum Gasteiger partial charge on any atom is 0.293 e. The molecule has 1 aliphatic heterocycles. The Balaban J connectivity index is 1.79. The largest absolute Gasteiger partial charge is 0.293 e. The predicted molar refractivity (Wildman–Crippen MR) is 103 cm³/mol. The van der Waals surface area contributed by atoms with E-state index in [1.807, 2.05) is 0 Å². The summed E-state index contributed by atoms with van der Waals surface area (Å²) in [6.45, 7) is -0.286. The topological polar surface area (TPSA) is 54.5 Å². The van der Waals surface area contributed by atoms with Crippen molar-refractivity contribution >= 4 is 62.3 Å². The van der Waals surface area contributed by atoms with E-state index in [0.717, 1.165) is 21.1 Å². The highest BCUT2D eigenvalue weighted by Gasteiger charge is 2.36. The van der Waals surface area contributed by atoms with Crippen LogP contribution < -0.4 is 0 Å². The Hall–Kier alpha value is -1.89. The summed E-state index contributed by atoms with van der Waals surface area (Å²) < 4.78 is 0.845. The van der Waals surface area contributed by atoms with E-state index in [2.05, 4.69) is 15.9 Å². The van der Waals surface area contributed by atoms with E-state index < -0.39 is 11.1 Å². The van der Waals surface area contributed by atoms with Gasteiger partial charge in [0.1, 0.15) is 0 Å². The summed E-state index contributed by atoms with van der Waals surface area (Å²) >= 11 is 10.2. The van der Waals surface area contributed by atoms with Gasteiger partial charge >= 0.3 is 0 Å². The van der Waals surface area contributed by atoms with Crippen molar-refractivity contribution in [2.75, 3.05) is 6.54 Å². The van der Waals surface area contributed by atoms with Gasteiger partial charge in [-0.3, -0.25) is 19.3 Å². The minimum absolute atomic E-state index is 0.252. The van der Waals surface area contributed by atoms with E-state index in [9.17, 15) is 14.4 Å². The molecule has 3 rings (SSSR count). The van der Waals surface area contributed by atoms with Crippen LogP contribution >= 0.6 is 39.3 Å². The third-order valence-electron chi connectivity index (χ3n) is 3.53. The van der Waals surface area contributed by atoms with Gasteiger partial charge in [0.05, 0.1) is 11.4 Å². The fraction of sp³-hybridized carbons (Fsp3) is 0.0556. The Bertz CT molecular complexity index is 895. The molecule has 2 aromatic carbocycles. The van der Waals surface area contributed by atoms with E-state index in [0.29, 0.717) is 16.1 Å². The molecule has 4 nitrogen and oxygen atoms in total. The van der Waals surface area contributed by atoms with Crippen LogP contribution in [0.15, 0.2) is 57.9 Å². The quantitative estimate of drug-likeness (QED) is 0.499. The summed E-state index contributed by atoms with van der Waals surface area (Å²) in [5.41, 5.74) is 1.09. The molecule has 0 saturated carbocycles. The van der Waals surface area contributed by atoms with Crippen molar-refractivity contribution in [3.05, 3.63) is 74.1 Å². The van der Waals surface area contributed by atoms with E-state index in [4.69, 9.17) is 11.6 Å². The second-order valence-corrected chi connectivity index (χ2v) is 7.54. The van der Waals surface area contributed by atoms with Crippen molar-refractivity contribution in [1.82, 2.24) is 4.90 Å². The molecule has 1 aliphatic rings. The minimum Gasteiger partial charge on any atom is -0.292 e. The number of imide groups is 1. The highest BCUT2D eigenvalue weighted by molar-refractivity contribution is 9.10. The highest BCUT2D eigenvalue weighted by atomic mass is 79.9. The second-order valence-electron chi connectivity index (χ2n) is 5.22. The number of ketones is 1. The number of hydrogen-bond donors (Lipinski definition) is 0. The number of nitrogens with zero attached hydrogens (tertiary/aromatic N) is 1. The van der Waals surface area contributed by atoms with Gasteiger partial charge in [-0.05, 0) is 41.6 Å². The maximum atomic E-state index is 12.5. The fourth-order valence-electron chi connectivity index (χ4n) is 2.24. The molecule has 1 fully saturated rings. The maximum absolute atomic E-state index is 12.5. The molecule has 0 aliphatic carbocycles. The zero-order chi connectivity index (χ0) is 18.0. The van der Waals surface area contributed by atoms with Gasteiger partial charge in [0.25, 0.3) is 11.1 Å². The number of Topliss-reactive ketones (excluding diaryl/α,β-unsaturated/α-hetero) is 1. The van der Waals surface area contributed by atoms with Crippen molar-refractivity contribution in [3.8, 4) is 0 Å². The summed E-state index contributed by atoms with van der Waals surface area (Å²) in [5, 5.41) is 0.0222. The first-order valence-electron chi connectivity index (χ1n) is 7.24. The normalized spacial score (nSPS) is 15.9.